The lowest BCUT2D eigenvalue weighted by Crippen LogP contribution is -2.29. The molecule has 0 aromatic carbocycles. The highest BCUT2D eigenvalue weighted by molar-refractivity contribution is 7.09. The fourth-order valence-corrected chi connectivity index (χ4v) is 2.65. The Morgan fingerprint density at radius 2 is 2.29 bits per heavy atom. The molecule has 2 heterocycles. The topological polar surface area (TPSA) is 24.9 Å². The lowest BCUT2D eigenvalue weighted by molar-refractivity contribution is 0.551. The second-order valence-electron chi connectivity index (χ2n) is 4.25. The van der Waals surface area contributed by atoms with Gasteiger partial charge in [0.25, 0.3) is 0 Å². The molecular formula is C14H18N2S. The Morgan fingerprint density at radius 3 is 3.00 bits per heavy atom. The molecule has 0 aliphatic carbocycles. The molecule has 1 unspecified atom stereocenters. The predicted molar refractivity (Wildman–Crippen MR) is 73.4 cm³/mol. The molecule has 2 aromatic heterocycles. The number of aromatic nitrogens is 1. The molecule has 90 valence electrons. The molecule has 0 amide bonds. The molecule has 2 rings (SSSR count). The zero-order valence-corrected chi connectivity index (χ0v) is 10.9. The third kappa shape index (κ3) is 4.29. The first-order chi connectivity index (χ1) is 8.34. The zero-order chi connectivity index (χ0) is 11.9. The smallest absolute Gasteiger partial charge is 0.0300 e. The maximum absolute atomic E-state index is 4.12. The molecule has 1 atom stereocenters. The van der Waals surface area contributed by atoms with Crippen molar-refractivity contribution in [3.05, 3.63) is 52.5 Å². The minimum absolute atomic E-state index is 0.533. The molecule has 1 N–H and O–H groups in total. The van der Waals surface area contributed by atoms with Gasteiger partial charge in [-0.05, 0) is 49.4 Å². The van der Waals surface area contributed by atoms with Gasteiger partial charge in [-0.2, -0.15) is 0 Å². The minimum Gasteiger partial charge on any atom is -0.314 e. The summed E-state index contributed by atoms with van der Waals surface area (Å²) in [5.41, 5.74) is 1.29. The highest BCUT2D eigenvalue weighted by atomic mass is 32.1. The van der Waals surface area contributed by atoms with E-state index < -0.39 is 0 Å². The Balaban J connectivity index is 1.68. The van der Waals surface area contributed by atoms with Gasteiger partial charge in [0.2, 0.25) is 0 Å². The third-order valence-electron chi connectivity index (χ3n) is 2.72. The van der Waals surface area contributed by atoms with Crippen LogP contribution in [0.15, 0.2) is 42.0 Å². The first-order valence-electron chi connectivity index (χ1n) is 5.99. The number of thiophene rings is 1. The van der Waals surface area contributed by atoms with Crippen LogP contribution in [0.25, 0.3) is 0 Å². The van der Waals surface area contributed by atoms with Crippen molar-refractivity contribution in [3.8, 4) is 0 Å². The molecule has 0 aliphatic heterocycles. The lowest BCUT2D eigenvalue weighted by Gasteiger charge is -2.12. The maximum atomic E-state index is 4.12. The van der Waals surface area contributed by atoms with Crippen LogP contribution in [0.1, 0.15) is 17.4 Å². The molecular weight excluding hydrogens is 228 g/mol. The van der Waals surface area contributed by atoms with Crippen molar-refractivity contribution in [2.45, 2.75) is 25.8 Å². The molecule has 0 saturated heterocycles. The normalized spacial score (nSPS) is 12.5. The van der Waals surface area contributed by atoms with Crippen LogP contribution in [0.5, 0.6) is 0 Å². The predicted octanol–water partition coefficient (Wildman–Crippen LogP) is 2.91. The van der Waals surface area contributed by atoms with E-state index in [0.717, 1.165) is 19.4 Å². The fourth-order valence-electron chi connectivity index (χ4n) is 1.81. The maximum Gasteiger partial charge on any atom is 0.0300 e. The van der Waals surface area contributed by atoms with Crippen LogP contribution in [-0.2, 0) is 12.8 Å². The molecule has 0 aliphatic rings. The molecule has 0 bridgehead atoms. The second kappa shape index (κ2) is 6.52. The molecule has 0 radical (unpaired) electrons. The van der Waals surface area contributed by atoms with Crippen molar-refractivity contribution < 1.29 is 0 Å². The molecule has 2 nitrogen and oxygen atoms in total. The summed E-state index contributed by atoms with van der Waals surface area (Å²) in [6, 6.07) is 8.96. The summed E-state index contributed by atoms with van der Waals surface area (Å²) in [4.78, 5) is 5.57. The molecule has 3 heteroatoms. The number of hydrogen-bond acceptors (Lipinski definition) is 3. The minimum atomic E-state index is 0.533. The standard InChI is InChI=1S/C14H18N2S/c1-12(10-14-5-3-9-17-14)16-8-6-13-4-2-7-15-11-13/h2-5,7,9,11-12,16H,6,8,10H2,1H3. The largest absolute Gasteiger partial charge is 0.314 e. The van der Waals surface area contributed by atoms with E-state index in [1.165, 1.54) is 10.4 Å². The Kier molecular flexibility index (Phi) is 4.71. The van der Waals surface area contributed by atoms with Gasteiger partial charge in [-0.15, -0.1) is 11.3 Å². The van der Waals surface area contributed by atoms with E-state index in [1.54, 1.807) is 0 Å². The van der Waals surface area contributed by atoms with Gasteiger partial charge in [-0.1, -0.05) is 12.1 Å². The highest BCUT2D eigenvalue weighted by Gasteiger charge is 2.03. The molecule has 2 aromatic rings. The van der Waals surface area contributed by atoms with Crippen LogP contribution in [0.3, 0.4) is 0 Å². The summed E-state index contributed by atoms with van der Waals surface area (Å²) < 4.78 is 0. The summed E-state index contributed by atoms with van der Waals surface area (Å²) in [6.07, 6.45) is 5.91. The molecule has 0 spiro atoms. The van der Waals surface area contributed by atoms with E-state index in [0.29, 0.717) is 6.04 Å². The summed E-state index contributed by atoms with van der Waals surface area (Å²) in [6.45, 7) is 3.25. The summed E-state index contributed by atoms with van der Waals surface area (Å²) in [7, 11) is 0. The van der Waals surface area contributed by atoms with Crippen molar-refractivity contribution in [2.24, 2.45) is 0 Å². The average Bonchev–Trinajstić information content (AvgIpc) is 2.83. The van der Waals surface area contributed by atoms with E-state index >= 15 is 0 Å². The van der Waals surface area contributed by atoms with Gasteiger partial charge in [0.1, 0.15) is 0 Å². The molecule has 0 saturated carbocycles. The summed E-state index contributed by atoms with van der Waals surface area (Å²) >= 11 is 1.83. The first kappa shape index (κ1) is 12.3. The van der Waals surface area contributed by atoms with Crippen molar-refractivity contribution in [2.75, 3.05) is 6.54 Å². The van der Waals surface area contributed by atoms with Crippen LogP contribution in [0, 0.1) is 0 Å². The van der Waals surface area contributed by atoms with Crippen LogP contribution >= 0.6 is 11.3 Å². The fraction of sp³-hybridized carbons (Fsp3) is 0.357. The van der Waals surface area contributed by atoms with Gasteiger partial charge in [-0.3, -0.25) is 4.98 Å². The van der Waals surface area contributed by atoms with Gasteiger partial charge < -0.3 is 5.32 Å². The SMILES string of the molecule is CC(Cc1cccs1)NCCc1cccnc1. The number of nitrogens with one attached hydrogen (secondary N) is 1. The number of nitrogens with zero attached hydrogens (tertiary/aromatic N) is 1. The van der Waals surface area contributed by atoms with E-state index in [-0.39, 0.29) is 0 Å². The van der Waals surface area contributed by atoms with Crippen molar-refractivity contribution >= 4 is 11.3 Å². The molecule has 17 heavy (non-hydrogen) atoms. The van der Waals surface area contributed by atoms with Crippen LogP contribution in [-0.4, -0.2) is 17.6 Å². The number of pyridine rings is 1. The van der Waals surface area contributed by atoms with Gasteiger partial charge in [-0.25, -0.2) is 0 Å². The Morgan fingerprint density at radius 1 is 1.35 bits per heavy atom. The first-order valence-corrected chi connectivity index (χ1v) is 6.87. The van der Waals surface area contributed by atoms with Crippen molar-refractivity contribution in [1.82, 2.24) is 10.3 Å². The van der Waals surface area contributed by atoms with E-state index in [9.17, 15) is 0 Å². The van der Waals surface area contributed by atoms with Gasteiger partial charge >= 0.3 is 0 Å². The van der Waals surface area contributed by atoms with E-state index in [1.807, 2.05) is 29.8 Å². The van der Waals surface area contributed by atoms with Crippen molar-refractivity contribution in [3.63, 3.8) is 0 Å². The quantitative estimate of drug-likeness (QED) is 0.847. The van der Waals surface area contributed by atoms with Crippen LogP contribution in [0.4, 0.5) is 0 Å². The zero-order valence-electron chi connectivity index (χ0n) is 10.1. The van der Waals surface area contributed by atoms with E-state index in [2.05, 4.69) is 40.8 Å². The number of rotatable bonds is 6. The van der Waals surface area contributed by atoms with Crippen LogP contribution < -0.4 is 5.32 Å². The number of hydrogen-bond donors (Lipinski definition) is 1. The van der Waals surface area contributed by atoms with Gasteiger partial charge in [0.05, 0.1) is 0 Å². The lowest BCUT2D eigenvalue weighted by atomic mass is 10.2. The van der Waals surface area contributed by atoms with Gasteiger partial charge in [0, 0.05) is 23.3 Å². The average molecular weight is 246 g/mol. The van der Waals surface area contributed by atoms with Gasteiger partial charge in [0.15, 0.2) is 0 Å². The Hall–Kier alpha value is -1.19. The monoisotopic (exact) mass is 246 g/mol. The van der Waals surface area contributed by atoms with Crippen LogP contribution in [0.2, 0.25) is 0 Å². The summed E-state index contributed by atoms with van der Waals surface area (Å²) in [5.74, 6) is 0. The summed E-state index contributed by atoms with van der Waals surface area (Å²) in [5, 5.41) is 5.68. The Labute approximate surface area is 107 Å². The molecule has 0 fully saturated rings. The van der Waals surface area contributed by atoms with E-state index in [4.69, 9.17) is 0 Å². The van der Waals surface area contributed by atoms with Crippen molar-refractivity contribution in [1.29, 1.82) is 0 Å². The highest BCUT2D eigenvalue weighted by Crippen LogP contribution is 2.10. The second-order valence-corrected chi connectivity index (χ2v) is 5.28. The third-order valence-corrected chi connectivity index (χ3v) is 3.62. The Bertz CT molecular complexity index is 411.